The second kappa shape index (κ2) is 14.5. The summed E-state index contributed by atoms with van der Waals surface area (Å²) in [4.78, 5) is 10.6. The molecule has 0 spiro atoms. The summed E-state index contributed by atoms with van der Waals surface area (Å²) in [5.41, 5.74) is 4.72. The number of rotatable bonds is 12. The summed E-state index contributed by atoms with van der Waals surface area (Å²) >= 11 is 0. The molecule has 0 saturated heterocycles. The number of allylic oxidation sites excluding steroid dienone is 8. The molecule has 0 unspecified atom stereocenters. The predicted molar refractivity (Wildman–Crippen MR) is 107 cm³/mol. The van der Waals surface area contributed by atoms with E-state index in [1.54, 1.807) is 13.0 Å². The lowest BCUT2D eigenvalue weighted by Crippen LogP contribution is -1.97. The molecule has 0 aliphatic carbocycles. The minimum absolute atomic E-state index is 0.618. The van der Waals surface area contributed by atoms with E-state index >= 15 is 0 Å². The van der Waals surface area contributed by atoms with Crippen LogP contribution in [0, 0.1) is 0 Å². The van der Waals surface area contributed by atoms with Gasteiger partial charge in [0.2, 0.25) is 0 Å². The Morgan fingerprint density at radius 2 is 1.72 bits per heavy atom. The first-order valence-corrected chi connectivity index (χ1v) is 8.99. The summed E-state index contributed by atoms with van der Waals surface area (Å²) in [6.45, 7) is 11.5. The molecule has 0 aromatic rings. The molecule has 3 nitrogen and oxygen atoms in total. The Labute approximate surface area is 153 Å². The molecule has 25 heavy (non-hydrogen) atoms. The molecule has 0 aliphatic heterocycles. The van der Waals surface area contributed by atoms with Gasteiger partial charge in [-0.05, 0) is 71.4 Å². The molecular formula is C22H34O3. The van der Waals surface area contributed by atoms with E-state index in [0.717, 1.165) is 31.3 Å². The smallest absolute Gasteiger partial charge is 0.328 e. The van der Waals surface area contributed by atoms with Gasteiger partial charge in [0, 0.05) is 12.7 Å². The third-order valence-electron chi connectivity index (χ3n) is 3.58. The zero-order valence-electron chi connectivity index (χ0n) is 16.5. The van der Waals surface area contributed by atoms with Crippen LogP contribution in [0.2, 0.25) is 0 Å². The van der Waals surface area contributed by atoms with Gasteiger partial charge in [-0.25, -0.2) is 4.79 Å². The van der Waals surface area contributed by atoms with Crippen molar-refractivity contribution in [2.45, 2.75) is 60.3 Å². The quantitative estimate of drug-likeness (QED) is 0.267. The van der Waals surface area contributed by atoms with Gasteiger partial charge >= 0.3 is 5.97 Å². The number of carbonyl (C=O) groups is 1. The van der Waals surface area contributed by atoms with E-state index in [4.69, 9.17) is 9.84 Å². The van der Waals surface area contributed by atoms with Crippen LogP contribution < -0.4 is 0 Å². The monoisotopic (exact) mass is 346 g/mol. The Kier molecular flexibility index (Phi) is 13.4. The summed E-state index contributed by atoms with van der Waals surface area (Å²) in [5, 5.41) is 8.71. The van der Waals surface area contributed by atoms with Crippen molar-refractivity contribution in [1.29, 1.82) is 0 Å². The Morgan fingerprint density at radius 3 is 2.32 bits per heavy atom. The summed E-state index contributed by atoms with van der Waals surface area (Å²) in [6, 6.07) is 0. The Balaban J connectivity index is 4.61. The number of carboxylic acids is 1. The number of aliphatic carboxylic acids is 1. The van der Waals surface area contributed by atoms with Gasteiger partial charge in [-0.1, -0.05) is 41.5 Å². The second-order valence-electron chi connectivity index (χ2n) is 6.46. The lowest BCUT2D eigenvalue weighted by Gasteiger charge is -2.06. The number of hydrogen-bond donors (Lipinski definition) is 1. The summed E-state index contributed by atoms with van der Waals surface area (Å²) in [6.07, 6.45) is 15.7. The molecule has 0 saturated carbocycles. The highest BCUT2D eigenvalue weighted by Gasteiger charge is 1.97. The molecule has 0 radical (unpaired) electrons. The first-order chi connectivity index (χ1) is 11.8. The van der Waals surface area contributed by atoms with Gasteiger partial charge in [-0.15, -0.1) is 0 Å². The maximum absolute atomic E-state index is 10.6. The molecule has 1 N–H and O–H groups in total. The van der Waals surface area contributed by atoms with Crippen molar-refractivity contribution in [2.75, 3.05) is 13.2 Å². The van der Waals surface area contributed by atoms with E-state index in [9.17, 15) is 4.79 Å². The molecule has 0 aromatic heterocycles. The molecule has 0 atom stereocenters. The van der Waals surface area contributed by atoms with Crippen LogP contribution in [0.1, 0.15) is 60.3 Å². The maximum Gasteiger partial charge on any atom is 0.328 e. The van der Waals surface area contributed by atoms with Crippen molar-refractivity contribution < 1.29 is 14.6 Å². The lowest BCUT2D eigenvalue weighted by molar-refractivity contribution is -0.131. The van der Waals surface area contributed by atoms with Crippen molar-refractivity contribution in [2.24, 2.45) is 0 Å². The van der Waals surface area contributed by atoms with E-state index in [0.29, 0.717) is 13.2 Å². The highest BCUT2D eigenvalue weighted by molar-refractivity contribution is 5.81. The van der Waals surface area contributed by atoms with Crippen molar-refractivity contribution in [3.05, 3.63) is 58.7 Å². The normalized spacial score (nSPS) is 13.4. The summed E-state index contributed by atoms with van der Waals surface area (Å²) in [7, 11) is 0. The van der Waals surface area contributed by atoms with Gasteiger partial charge in [-0.3, -0.25) is 0 Å². The van der Waals surface area contributed by atoms with Gasteiger partial charge < -0.3 is 9.84 Å². The van der Waals surface area contributed by atoms with Crippen LogP contribution in [-0.4, -0.2) is 24.3 Å². The number of carboxylic acid groups (broad SMARTS) is 1. The van der Waals surface area contributed by atoms with Crippen LogP contribution in [0.3, 0.4) is 0 Å². The predicted octanol–water partition coefficient (Wildman–Crippen LogP) is 6.01. The highest BCUT2D eigenvalue weighted by atomic mass is 16.5. The molecule has 0 rings (SSSR count). The van der Waals surface area contributed by atoms with Crippen molar-refractivity contribution in [3.8, 4) is 0 Å². The summed E-state index contributed by atoms with van der Waals surface area (Å²) < 4.78 is 5.53. The lowest BCUT2D eigenvalue weighted by atomic mass is 10.1. The van der Waals surface area contributed by atoms with Crippen molar-refractivity contribution in [1.82, 2.24) is 0 Å². The van der Waals surface area contributed by atoms with Crippen LogP contribution in [0.5, 0.6) is 0 Å². The molecule has 0 aliphatic rings. The molecule has 0 heterocycles. The number of hydrogen-bond acceptors (Lipinski definition) is 2. The highest BCUT2D eigenvalue weighted by Crippen LogP contribution is 2.12. The van der Waals surface area contributed by atoms with Crippen LogP contribution >= 0.6 is 0 Å². The minimum atomic E-state index is -0.922. The van der Waals surface area contributed by atoms with Gasteiger partial charge in [0.05, 0.1) is 6.61 Å². The van der Waals surface area contributed by atoms with Crippen LogP contribution in [0.25, 0.3) is 0 Å². The fourth-order valence-corrected chi connectivity index (χ4v) is 2.21. The van der Waals surface area contributed by atoms with Gasteiger partial charge in [0.15, 0.2) is 0 Å². The van der Waals surface area contributed by atoms with Crippen LogP contribution in [0.15, 0.2) is 58.7 Å². The fraction of sp³-hybridized carbons (Fsp3) is 0.500. The standard InChI is InChI=1S/C22H34O3/c1-6-25-17-21(15-9-13-20(5)16-22(23)24)14-8-12-19(4)11-7-10-18(2)3/h9-10,12-13,15-16H,6-8,11,14,17H2,1-5H3,(H,23,24). The molecule has 3 heteroatoms. The van der Waals surface area contributed by atoms with Crippen LogP contribution in [0.4, 0.5) is 0 Å². The maximum atomic E-state index is 10.6. The SMILES string of the molecule is CCOCC(=CC=CC(C)=CC(=O)O)CCC=C(C)CCC=C(C)C. The average molecular weight is 347 g/mol. The topological polar surface area (TPSA) is 46.5 Å². The molecular weight excluding hydrogens is 312 g/mol. The first-order valence-electron chi connectivity index (χ1n) is 8.99. The molecule has 0 amide bonds. The minimum Gasteiger partial charge on any atom is -0.478 e. The second-order valence-corrected chi connectivity index (χ2v) is 6.46. The van der Waals surface area contributed by atoms with Gasteiger partial charge in [-0.2, -0.15) is 0 Å². The van der Waals surface area contributed by atoms with E-state index in [1.807, 2.05) is 19.1 Å². The molecule has 140 valence electrons. The molecule has 0 bridgehead atoms. The zero-order valence-corrected chi connectivity index (χ0v) is 16.5. The number of ether oxygens (including phenoxy) is 1. The van der Waals surface area contributed by atoms with E-state index < -0.39 is 5.97 Å². The largest absolute Gasteiger partial charge is 0.478 e. The fourth-order valence-electron chi connectivity index (χ4n) is 2.21. The van der Waals surface area contributed by atoms with Crippen molar-refractivity contribution >= 4 is 5.97 Å². The van der Waals surface area contributed by atoms with Crippen LogP contribution in [-0.2, 0) is 9.53 Å². The first kappa shape index (κ1) is 23.1. The Hall–Kier alpha value is -1.87. The van der Waals surface area contributed by atoms with E-state index in [-0.39, 0.29) is 0 Å². The van der Waals surface area contributed by atoms with E-state index in [2.05, 4.69) is 32.9 Å². The van der Waals surface area contributed by atoms with Gasteiger partial charge in [0.25, 0.3) is 0 Å². The van der Waals surface area contributed by atoms with Crippen molar-refractivity contribution in [3.63, 3.8) is 0 Å². The Bertz CT molecular complexity index is 542. The molecule has 0 aromatic carbocycles. The van der Waals surface area contributed by atoms with Gasteiger partial charge in [0.1, 0.15) is 0 Å². The zero-order chi connectivity index (χ0) is 19.1. The molecule has 0 fully saturated rings. The average Bonchev–Trinajstić information content (AvgIpc) is 2.50. The van der Waals surface area contributed by atoms with E-state index in [1.165, 1.54) is 22.8 Å². The Morgan fingerprint density at radius 1 is 1.04 bits per heavy atom. The third-order valence-corrected chi connectivity index (χ3v) is 3.58. The third kappa shape index (κ3) is 15.4. The summed E-state index contributed by atoms with van der Waals surface area (Å²) in [5.74, 6) is -0.922.